The van der Waals surface area contributed by atoms with Crippen LogP contribution in [0.5, 0.6) is 0 Å². The van der Waals surface area contributed by atoms with Crippen LogP contribution in [-0.2, 0) is 28.5 Å². The van der Waals surface area contributed by atoms with E-state index in [1.165, 1.54) is 0 Å². The quantitative estimate of drug-likeness (QED) is 0.125. The van der Waals surface area contributed by atoms with Gasteiger partial charge in [0.15, 0.2) is 0 Å². The average Bonchev–Trinajstić information content (AvgIpc) is 3.53. The van der Waals surface area contributed by atoms with Gasteiger partial charge in [-0.2, -0.15) is 0 Å². The van der Waals surface area contributed by atoms with Crippen LogP contribution in [-0.4, -0.2) is 86.5 Å². The first kappa shape index (κ1) is 32.7. The zero-order valence-electron chi connectivity index (χ0n) is 24.2. The van der Waals surface area contributed by atoms with Gasteiger partial charge in [-0.1, -0.05) is 51.4 Å². The second kappa shape index (κ2) is 19.5. The molecule has 2 aliphatic heterocycles. The Labute approximate surface area is 234 Å². The third-order valence-corrected chi connectivity index (χ3v) is 7.47. The Morgan fingerprint density at radius 1 is 0.590 bits per heavy atom. The summed E-state index contributed by atoms with van der Waals surface area (Å²) in [5.41, 5.74) is 0. The van der Waals surface area contributed by atoms with Crippen LogP contribution >= 0.6 is 0 Å². The lowest BCUT2D eigenvalue weighted by atomic mass is 10.1. The van der Waals surface area contributed by atoms with E-state index in [0.29, 0.717) is 39.1 Å². The average molecular weight is 555 g/mol. The molecule has 10 nitrogen and oxygen atoms in total. The van der Waals surface area contributed by atoms with Gasteiger partial charge >= 0.3 is 12.3 Å². The number of carbonyl (C=O) groups is 4. The Hall–Kier alpha value is -2.52. The highest BCUT2D eigenvalue weighted by atomic mass is 16.8. The van der Waals surface area contributed by atoms with Crippen LogP contribution in [0.25, 0.3) is 0 Å². The molecule has 224 valence electrons. The highest BCUT2D eigenvalue weighted by Crippen LogP contribution is 2.17. The summed E-state index contributed by atoms with van der Waals surface area (Å²) in [5, 5.41) is 0. The van der Waals surface area contributed by atoms with E-state index < -0.39 is 12.3 Å². The maximum atomic E-state index is 12.4. The number of rotatable bonds is 22. The molecule has 0 N–H and O–H groups in total. The number of nitrogens with zero attached hydrogens (tertiary/aromatic N) is 2. The Kier molecular flexibility index (Phi) is 16.4. The summed E-state index contributed by atoms with van der Waals surface area (Å²) in [6, 6.07) is 0. The van der Waals surface area contributed by atoms with Crippen LogP contribution in [0.1, 0.15) is 109 Å². The van der Waals surface area contributed by atoms with E-state index in [1.54, 1.807) is 9.80 Å². The molecule has 2 fully saturated rings. The number of unbranched alkanes of at least 4 members (excludes halogenated alkanes) is 10. The highest BCUT2D eigenvalue weighted by Gasteiger charge is 2.24. The van der Waals surface area contributed by atoms with E-state index >= 15 is 0 Å². The summed E-state index contributed by atoms with van der Waals surface area (Å²) in [7, 11) is 3.69. The normalized spacial score (nSPS) is 18.3. The van der Waals surface area contributed by atoms with Gasteiger partial charge in [0.2, 0.25) is 11.8 Å². The molecule has 2 heterocycles. The van der Waals surface area contributed by atoms with Gasteiger partial charge in [-0.05, 0) is 44.9 Å². The third-order valence-electron chi connectivity index (χ3n) is 7.47. The molecule has 10 heteroatoms. The molecule has 2 unspecified atom stereocenters. The molecule has 0 aromatic heterocycles. The summed E-state index contributed by atoms with van der Waals surface area (Å²) in [4.78, 5) is 50.1. The molecular formula is C29H50N2O8. The van der Waals surface area contributed by atoms with Crippen molar-refractivity contribution in [2.24, 2.45) is 0 Å². The van der Waals surface area contributed by atoms with Gasteiger partial charge in [-0.3, -0.25) is 9.59 Å². The van der Waals surface area contributed by atoms with E-state index in [2.05, 4.69) is 0 Å². The van der Waals surface area contributed by atoms with Gasteiger partial charge in [0.25, 0.3) is 0 Å². The van der Waals surface area contributed by atoms with Crippen molar-refractivity contribution in [2.45, 2.75) is 121 Å². The predicted molar refractivity (Wildman–Crippen MR) is 146 cm³/mol. The van der Waals surface area contributed by atoms with Gasteiger partial charge in [0.05, 0.1) is 0 Å². The predicted octanol–water partition coefficient (Wildman–Crippen LogP) is 5.61. The Balaban J connectivity index is 1.35. The highest BCUT2D eigenvalue weighted by molar-refractivity contribution is 5.76. The molecule has 0 aliphatic carbocycles. The van der Waals surface area contributed by atoms with Gasteiger partial charge in [0.1, 0.15) is 25.4 Å². The van der Waals surface area contributed by atoms with Crippen LogP contribution in [0.4, 0.5) is 9.59 Å². The van der Waals surface area contributed by atoms with Crippen molar-refractivity contribution in [3.8, 4) is 0 Å². The van der Waals surface area contributed by atoms with Gasteiger partial charge < -0.3 is 28.7 Å². The fourth-order valence-corrected chi connectivity index (χ4v) is 4.90. The molecule has 2 aliphatic rings. The van der Waals surface area contributed by atoms with E-state index in [-0.39, 0.29) is 24.0 Å². The molecule has 2 atom stereocenters. The molecule has 0 radical (unpaired) electrons. The monoisotopic (exact) mass is 554 g/mol. The van der Waals surface area contributed by atoms with E-state index in [1.807, 2.05) is 14.1 Å². The summed E-state index contributed by atoms with van der Waals surface area (Å²) in [6.45, 7) is 2.09. The topological polar surface area (TPSA) is 112 Å². The maximum absolute atomic E-state index is 12.4. The first-order valence-corrected chi connectivity index (χ1v) is 15.0. The minimum absolute atomic E-state index is 0.0791. The molecular weight excluding hydrogens is 504 g/mol. The van der Waals surface area contributed by atoms with Crippen molar-refractivity contribution in [1.82, 2.24) is 9.80 Å². The molecule has 0 aromatic carbocycles. The van der Waals surface area contributed by atoms with Crippen molar-refractivity contribution in [3.05, 3.63) is 0 Å². The second-order valence-corrected chi connectivity index (χ2v) is 10.9. The fourth-order valence-electron chi connectivity index (χ4n) is 4.90. The van der Waals surface area contributed by atoms with Crippen molar-refractivity contribution in [1.29, 1.82) is 0 Å². The smallest absolute Gasteiger partial charge is 0.430 e. The molecule has 2 saturated heterocycles. The molecule has 0 aromatic rings. The van der Waals surface area contributed by atoms with Gasteiger partial charge in [0, 0.05) is 40.0 Å². The third kappa shape index (κ3) is 15.0. The molecule has 2 rings (SSSR count). The zero-order chi connectivity index (χ0) is 28.3. The maximum Gasteiger partial charge on any atom is 0.508 e. The van der Waals surface area contributed by atoms with Crippen LogP contribution in [0.15, 0.2) is 0 Å². The minimum atomic E-state index is -0.552. The molecule has 0 bridgehead atoms. The molecule has 39 heavy (non-hydrogen) atoms. The van der Waals surface area contributed by atoms with Crippen molar-refractivity contribution >= 4 is 24.1 Å². The lowest BCUT2D eigenvalue weighted by Crippen LogP contribution is -2.32. The lowest BCUT2D eigenvalue weighted by molar-refractivity contribution is -0.130. The lowest BCUT2D eigenvalue weighted by Gasteiger charge is -2.21. The standard InChI is InChI=1S/C29H50N2O8/c1-30(26(32)18-13-9-5-3-7-11-16-24-22-36-28(34)38-24)20-15-21-31(2)27(33)19-14-10-6-4-8-12-17-25-23-37-29(35)39-25/h24-25H,3-23H2,1-2H3. The van der Waals surface area contributed by atoms with Gasteiger partial charge in [-0.25, -0.2) is 9.59 Å². The van der Waals surface area contributed by atoms with E-state index in [9.17, 15) is 19.2 Å². The second-order valence-electron chi connectivity index (χ2n) is 10.9. The van der Waals surface area contributed by atoms with Crippen molar-refractivity contribution in [2.75, 3.05) is 40.4 Å². The first-order chi connectivity index (χ1) is 18.8. The fraction of sp³-hybridized carbons (Fsp3) is 0.862. The summed E-state index contributed by atoms with van der Waals surface area (Å²) in [5.74, 6) is 0.342. The van der Waals surface area contributed by atoms with Crippen molar-refractivity contribution in [3.63, 3.8) is 0 Å². The first-order valence-electron chi connectivity index (χ1n) is 15.0. The largest absolute Gasteiger partial charge is 0.508 e. The minimum Gasteiger partial charge on any atom is -0.430 e. The number of hydrogen-bond donors (Lipinski definition) is 0. The van der Waals surface area contributed by atoms with Gasteiger partial charge in [-0.15, -0.1) is 0 Å². The molecule has 0 spiro atoms. The Morgan fingerprint density at radius 2 is 0.949 bits per heavy atom. The van der Waals surface area contributed by atoms with Crippen LogP contribution < -0.4 is 0 Å². The van der Waals surface area contributed by atoms with E-state index in [4.69, 9.17) is 18.9 Å². The van der Waals surface area contributed by atoms with Crippen LogP contribution in [0.2, 0.25) is 0 Å². The van der Waals surface area contributed by atoms with Crippen LogP contribution in [0.3, 0.4) is 0 Å². The Bertz CT molecular complexity index is 687. The molecule has 0 saturated carbocycles. The molecule has 2 amide bonds. The van der Waals surface area contributed by atoms with Crippen LogP contribution in [0, 0.1) is 0 Å². The Morgan fingerprint density at radius 3 is 1.31 bits per heavy atom. The van der Waals surface area contributed by atoms with Crippen molar-refractivity contribution < 1.29 is 38.1 Å². The summed E-state index contributed by atoms with van der Waals surface area (Å²) < 4.78 is 19.6. The number of cyclic esters (lactones) is 4. The SMILES string of the molecule is CN(CCCN(C)C(=O)CCCCCCCCC1COC(=O)O1)C(=O)CCCCCCCCC1COC(=O)O1. The summed E-state index contributed by atoms with van der Waals surface area (Å²) >= 11 is 0. The number of hydrogen-bond acceptors (Lipinski definition) is 8. The summed E-state index contributed by atoms with van der Waals surface area (Å²) in [6.07, 6.45) is 15.0. The van der Waals surface area contributed by atoms with E-state index in [0.717, 1.165) is 96.3 Å². The number of amides is 2. The zero-order valence-corrected chi connectivity index (χ0v) is 24.2. The number of carbonyl (C=O) groups excluding carboxylic acids is 4. The number of ether oxygens (including phenoxy) is 4.